The van der Waals surface area contributed by atoms with Crippen LogP contribution in [0.1, 0.15) is 27.0 Å². The predicted octanol–water partition coefficient (Wildman–Crippen LogP) is 3.70. The first kappa shape index (κ1) is 14.3. The topological polar surface area (TPSA) is 38.3 Å². The van der Waals surface area contributed by atoms with Crippen molar-refractivity contribution in [1.82, 2.24) is 0 Å². The molecule has 1 N–H and O–H groups in total. The smallest absolute Gasteiger partial charge is 0.255 e. The van der Waals surface area contributed by atoms with Crippen LogP contribution in [0.2, 0.25) is 0 Å². The second-order valence-electron chi connectivity index (χ2n) is 4.90. The quantitative estimate of drug-likeness (QED) is 0.919. The molecule has 0 spiro atoms. The van der Waals surface area contributed by atoms with E-state index < -0.39 is 0 Å². The van der Waals surface area contributed by atoms with E-state index in [4.69, 9.17) is 4.74 Å². The molecule has 0 heterocycles. The first-order valence-electron chi connectivity index (χ1n) is 6.56. The Labute approximate surface area is 119 Å². The van der Waals surface area contributed by atoms with E-state index in [9.17, 15) is 4.79 Å². The third-order valence-corrected chi connectivity index (χ3v) is 3.17. The van der Waals surface area contributed by atoms with Gasteiger partial charge < -0.3 is 10.1 Å². The van der Waals surface area contributed by atoms with Crippen molar-refractivity contribution in [2.24, 2.45) is 0 Å². The van der Waals surface area contributed by atoms with Crippen molar-refractivity contribution in [3.63, 3.8) is 0 Å². The third kappa shape index (κ3) is 3.45. The van der Waals surface area contributed by atoms with Crippen molar-refractivity contribution >= 4 is 11.6 Å². The molecule has 0 saturated carbocycles. The second-order valence-corrected chi connectivity index (χ2v) is 4.90. The van der Waals surface area contributed by atoms with E-state index in [1.54, 1.807) is 7.11 Å². The van der Waals surface area contributed by atoms with Gasteiger partial charge in [-0.15, -0.1) is 0 Å². The Morgan fingerprint density at radius 1 is 1.10 bits per heavy atom. The highest BCUT2D eigenvalue weighted by Gasteiger charge is 2.07. The van der Waals surface area contributed by atoms with Crippen LogP contribution < -0.4 is 5.32 Å². The minimum Gasteiger partial charge on any atom is -0.380 e. The van der Waals surface area contributed by atoms with Gasteiger partial charge in [0, 0.05) is 18.4 Å². The zero-order valence-corrected chi connectivity index (χ0v) is 12.1. The van der Waals surface area contributed by atoms with Crippen molar-refractivity contribution in [3.05, 3.63) is 64.7 Å². The molecule has 0 bridgehead atoms. The lowest BCUT2D eigenvalue weighted by Crippen LogP contribution is -2.12. The molecule has 0 fully saturated rings. The summed E-state index contributed by atoms with van der Waals surface area (Å²) in [4.78, 5) is 12.2. The van der Waals surface area contributed by atoms with Crippen LogP contribution in [-0.2, 0) is 11.3 Å². The van der Waals surface area contributed by atoms with Crippen molar-refractivity contribution in [2.45, 2.75) is 20.5 Å². The van der Waals surface area contributed by atoms with Gasteiger partial charge in [0.1, 0.15) is 0 Å². The predicted molar refractivity (Wildman–Crippen MR) is 81.0 cm³/mol. The number of nitrogens with one attached hydrogen (secondary N) is 1. The van der Waals surface area contributed by atoms with Gasteiger partial charge in [0.05, 0.1) is 6.61 Å². The highest BCUT2D eigenvalue weighted by atomic mass is 16.5. The molecular weight excluding hydrogens is 250 g/mol. The number of methoxy groups -OCH3 is 1. The van der Waals surface area contributed by atoms with Crippen LogP contribution in [0.15, 0.2) is 42.5 Å². The summed E-state index contributed by atoms with van der Waals surface area (Å²) in [5, 5.41) is 2.95. The molecule has 3 nitrogen and oxygen atoms in total. The summed E-state index contributed by atoms with van der Waals surface area (Å²) in [6.45, 7) is 4.55. The van der Waals surface area contributed by atoms with Gasteiger partial charge in [-0.05, 0) is 48.7 Å². The van der Waals surface area contributed by atoms with Gasteiger partial charge >= 0.3 is 0 Å². The molecule has 0 aliphatic rings. The number of anilines is 1. The minimum absolute atomic E-state index is 0.0948. The molecule has 0 aromatic heterocycles. The maximum Gasteiger partial charge on any atom is 0.255 e. The zero-order valence-electron chi connectivity index (χ0n) is 12.1. The Kier molecular flexibility index (Phi) is 4.53. The van der Waals surface area contributed by atoms with Crippen LogP contribution in [0.4, 0.5) is 5.69 Å². The van der Waals surface area contributed by atoms with Crippen molar-refractivity contribution < 1.29 is 9.53 Å². The fraction of sp³-hybridized carbons (Fsp3) is 0.235. The number of rotatable bonds is 4. The zero-order chi connectivity index (χ0) is 14.5. The molecule has 2 aromatic carbocycles. The SMILES string of the molecule is COCc1ccc(C(=O)Nc2cc(C)ccc2C)cc1. The largest absolute Gasteiger partial charge is 0.380 e. The van der Waals surface area contributed by atoms with E-state index in [1.807, 2.05) is 56.3 Å². The first-order chi connectivity index (χ1) is 9.60. The molecule has 1 amide bonds. The van der Waals surface area contributed by atoms with E-state index in [2.05, 4.69) is 5.32 Å². The Balaban J connectivity index is 2.13. The summed E-state index contributed by atoms with van der Waals surface area (Å²) in [6.07, 6.45) is 0. The summed E-state index contributed by atoms with van der Waals surface area (Å²) in [5.74, 6) is -0.0948. The molecule has 0 atom stereocenters. The van der Waals surface area contributed by atoms with Crippen LogP contribution in [0.25, 0.3) is 0 Å². The highest BCUT2D eigenvalue weighted by Crippen LogP contribution is 2.17. The Bertz CT molecular complexity index is 603. The fourth-order valence-electron chi connectivity index (χ4n) is 1.98. The highest BCUT2D eigenvalue weighted by molar-refractivity contribution is 6.04. The van der Waals surface area contributed by atoms with Crippen molar-refractivity contribution in [2.75, 3.05) is 12.4 Å². The summed E-state index contributed by atoms with van der Waals surface area (Å²) >= 11 is 0. The summed E-state index contributed by atoms with van der Waals surface area (Å²) < 4.78 is 5.05. The Morgan fingerprint density at radius 3 is 2.45 bits per heavy atom. The molecule has 2 rings (SSSR count). The molecule has 2 aromatic rings. The standard InChI is InChI=1S/C17H19NO2/c1-12-4-5-13(2)16(10-12)18-17(19)15-8-6-14(7-9-15)11-20-3/h4-10H,11H2,1-3H3,(H,18,19). The monoisotopic (exact) mass is 269 g/mol. The maximum absolute atomic E-state index is 12.2. The van der Waals surface area contributed by atoms with Crippen LogP contribution >= 0.6 is 0 Å². The van der Waals surface area contributed by atoms with E-state index in [1.165, 1.54) is 0 Å². The number of aryl methyl sites for hydroxylation is 2. The lowest BCUT2D eigenvalue weighted by Gasteiger charge is -2.09. The average molecular weight is 269 g/mol. The summed E-state index contributed by atoms with van der Waals surface area (Å²) in [5.41, 5.74) is 4.74. The molecule has 0 saturated heterocycles. The van der Waals surface area contributed by atoms with E-state index in [0.717, 1.165) is 22.4 Å². The van der Waals surface area contributed by atoms with Crippen LogP contribution in [0.5, 0.6) is 0 Å². The van der Waals surface area contributed by atoms with Gasteiger partial charge in [0.25, 0.3) is 5.91 Å². The number of amides is 1. The number of hydrogen-bond donors (Lipinski definition) is 1. The second kappa shape index (κ2) is 6.35. The lowest BCUT2D eigenvalue weighted by atomic mass is 10.1. The van der Waals surface area contributed by atoms with Crippen molar-refractivity contribution in [3.8, 4) is 0 Å². The number of benzene rings is 2. The number of carbonyl (C=O) groups excluding carboxylic acids is 1. The molecule has 0 unspecified atom stereocenters. The van der Waals surface area contributed by atoms with Crippen LogP contribution in [-0.4, -0.2) is 13.0 Å². The van der Waals surface area contributed by atoms with Gasteiger partial charge in [0.15, 0.2) is 0 Å². The molecule has 104 valence electrons. The Morgan fingerprint density at radius 2 is 1.80 bits per heavy atom. The van der Waals surface area contributed by atoms with Crippen LogP contribution in [0.3, 0.4) is 0 Å². The lowest BCUT2D eigenvalue weighted by molar-refractivity contribution is 0.102. The summed E-state index contributed by atoms with van der Waals surface area (Å²) in [7, 11) is 1.65. The molecule has 3 heteroatoms. The van der Waals surface area contributed by atoms with E-state index in [-0.39, 0.29) is 5.91 Å². The normalized spacial score (nSPS) is 10.3. The van der Waals surface area contributed by atoms with E-state index >= 15 is 0 Å². The number of ether oxygens (including phenoxy) is 1. The number of carbonyl (C=O) groups is 1. The van der Waals surface area contributed by atoms with Gasteiger partial charge in [-0.2, -0.15) is 0 Å². The molecular formula is C17H19NO2. The maximum atomic E-state index is 12.2. The molecule has 0 aliphatic heterocycles. The molecule has 20 heavy (non-hydrogen) atoms. The van der Waals surface area contributed by atoms with Gasteiger partial charge in [-0.3, -0.25) is 4.79 Å². The fourth-order valence-corrected chi connectivity index (χ4v) is 1.98. The van der Waals surface area contributed by atoms with Gasteiger partial charge in [-0.25, -0.2) is 0 Å². The average Bonchev–Trinajstić information content (AvgIpc) is 2.44. The van der Waals surface area contributed by atoms with Crippen LogP contribution in [0, 0.1) is 13.8 Å². The minimum atomic E-state index is -0.0948. The molecule has 0 radical (unpaired) electrons. The third-order valence-electron chi connectivity index (χ3n) is 3.17. The first-order valence-corrected chi connectivity index (χ1v) is 6.56. The molecule has 0 aliphatic carbocycles. The van der Waals surface area contributed by atoms with Gasteiger partial charge in [0.2, 0.25) is 0 Å². The van der Waals surface area contributed by atoms with Gasteiger partial charge in [-0.1, -0.05) is 24.3 Å². The van der Waals surface area contributed by atoms with Crippen molar-refractivity contribution in [1.29, 1.82) is 0 Å². The van der Waals surface area contributed by atoms with E-state index in [0.29, 0.717) is 12.2 Å². The summed E-state index contributed by atoms with van der Waals surface area (Å²) in [6, 6.07) is 13.5. The number of hydrogen-bond acceptors (Lipinski definition) is 2. The Hall–Kier alpha value is -2.13.